The molecule has 3 rings (SSSR count). The maximum Gasteiger partial charge on any atom is 0.0691 e. The summed E-state index contributed by atoms with van der Waals surface area (Å²) in [6.07, 6.45) is 10.7. The number of aryl methyl sites for hydroxylation is 1. The zero-order valence-electron chi connectivity index (χ0n) is 11.2. The summed E-state index contributed by atoms with van der Waals surface area (Å²) in [6.45, 7) is 0. The minimum Gasteiger partial charge on any atom is -0.390 e. The third-order valence-corrected chi connectivity index (χ3v) is 4.99. The van der Waals surface area contributed by atoms with Crippen molar-refractivity contribution in [1.29, 1.82) is 0 Å². The third-order valence-electron chi connectivity index (χ3n) is 4.99. The van der Waals surface area contributed by atoms with E-state index in [0.717, 1.165) is 31.6 Å². The predicted octanol–water partition coefficient (Wildman–Crippen LogP) is 3.88. The maximum atomic E-state index is 10.8. The van der Waals surface area contributed by atoms with Crippen LogP contribution in [0, 0.1) is 5.92 Å². The van der Waals surface area contributed by atoms with Gasteiger partial charge in [0.05, 0.1) is 5.60 Å². The van der Waals surface area contributed by atoms with Gasteiger partial charge in [-0.05, 0) is 42.7 Å². The molecule has 1 aromatic rings. The molecule has 18 heavy (non-hydrogen) atoms. The van der Waals surface area contributed by atoms with Gasteiger partial charge in [0.15, 0.2) is 0 Å². The molecule has 0 aromatic heterocycles. The summed E-state index contributed by atoms with van der Waals surface area (Å²) in [4.78, 5) is 0. The van der Waals surface area contributed by atoms with Crippen LogP contribution in [0.5, 0.6) is 0 Å². The topological polar surface area (TPSA) is 20.2 Å². The molecule has 1 unspecified atom stereocenters. The van der Waals surface area contributed by atoms with Gasteiger partial charge in [-0.2, -0.15) is 0 Å². The first-order valence-corrected chi connectivity index (χ1v) is 7.54. The molecule has 2 aliphatic rings. The predicted molar refractivity (Wildman–Crippen MR) is 74.6 cm³/mol. The van der Waals surface area contributed by atoms with Crippen molar-refractivity contribution >= 4 is 0 Å². The Balaban J connectivity index is 1.62. The van der Waals surface area contributed by atoms with Crippen molar-refractivity contribution in [2.24, 2.45) is 5.92 Å². The normalized spacial score (nSPS) is 28.3. The maximum absolute atomic E-state index is 10.8. The fraction of sp³-hybridized carbons (Fsp3) is 0.647. The van der Waals surface area contributed by atoms with Gasteiger partial charge in [-0.3, -0.25) is 0 Å². The first-order chi connectivity index (χ1) is 8.75. The van der Waals surface area contributed by atoms with Crippen LogP contribution in [0.4, 0.5) is 0 Å². The quantitative estimate of drug-likeness (QED) is 0.855. The van der Waals surface area contributed by atoms with Crippen molar-refractivity contribution in [3.05, 3.63) is 35.4 Å². The second-order valence-electron chi connectivity index (χ2n) is 6.36. The Labute approximate surface area is 110 Å². The summed E-state index contributed by atoms with van der Waals surface area (Å²) in [6, 6.07) is 8.62. The van der Waals surface area contributed by atoms with Crippen LogP contribution in [-0.2, 0) is 12.8 Å². The molecule has 1 atom stereocenters. The van der Waals surface area contributed by atoms with Crippen LogP contribution in [0.3, 0.4) is 0 Å². The average molecular weight is 244 g/mol. The average Bonchev–Trinajstić information content (AvgIpc) is 2.90. The zero-order valence-corrected chi connectivity index (χ0v) is 11.2. The number of aliphatic hydroxyl groups is 1. The van der Waals surface area contributed by atoms with Crippen molar-refractivity contribution in [3.63, 3.8) is 0 Å². The summed E-state index contributed by atoms with van der Waals surface area (Å²) in [7, 11) is 0. The number of hydrogen-bond acceptors (Lipinski definition) is 1. The van der Waals surface area contributed by atoms with Gasteiger partial charge in [-0.15, -0.1) is 0 Å². The van der Waals surface area contributed by atoms with Gasteiger partial charge in [-0.1, -0.05) is 49.9 Å². The Morgan fingerprint density at radius 2 is 1.83 bits per heavy atom. The van der Waals surface area contributed by atoms with Crippen LogP contribution in [-0.4, -0.2) is 10.7 Å². The van der Waals surface area contributed by atoms with Crippen molar-refractivity contribution < 1.29 is 5.11 Å². The van der Waals surface area contributed by atoms with Crippen LogP contribution in [0.25, 0.3) is 0 Å². The molecular weight excluding hydrogens is 220 g/mol. The Morgan fingerprint density at radius 3 is 2.61 bits per heavy atom. The van der Waals surface area contributed by atoms with Gasteiger partial charge in [-0.25, -0.2) is 0 Å². The van der Waals surface area contributed by atoms with E-state index in [1.807, 2.05) is 0 Å². The second-order valence-corrected chi connectivity index (χ2v) is 6.36. The summed E-state index contributed by atoms with van der Waals surface area (Å²) >= 11 is 0. The molecule has 1 nitrogen and oxygen atoms in total. The van der Waals surface area contributed by atoms with E-state index < -0.39 is 5.60 Å². The van der Waals surface area contributed by atoms with Gasteiger partial charge in [0.2, 0.25) is 0 Å². The van der Waals surface area contributed by atoms with Gasteiger partial charge in [0.1, 0.15) is 0 Å². The standard InChI is InChI=1S/C17H24O/c18-17(11-9-14-5-1-2-6-14)12-10-15-7-3-4-8-16(15)13-17/h3-4,7-8,14,18H,1-2,5-6,9-13H2. The first kappa shape index (κ1) is 12.2. The van der Waals surface area contributed by atoms with Crippen LogP contribution in [0.15, 0.2) is 24.3 Å². The molecule has 2 aliphatic carbocycles. The van der Waals surface area contributed by atoms with Gasteiger partial charge < -0.3 is 5.11 Å². The smallest absolute Gasteiger partial charge is 0.0691 e. The minimum absolute atomic E-state index is 0.420. The largest absolute Gasteiger partial charge is 0.390 e. The minimum atomic E-state index is -0.420. The Morgan fingerprint density at radius 1 is 1.11 bits per heavy atom. The number of benzene rings is 1. The summed E-state index contributed by atoms with van der Waals surface area (Å²) < 4.78 is 0. The highest BCUT2D eigenvalue weighted by atomic mass is 16.3. The Bertz CT molecular complexity index is 406. The molecule has 0 radical (unpaired) electrons. The fourth-order valence-electron chi connectivity index (χ4n) is 3.77. The van der Waals surface area contributed by atoms with Crippen molar-refractivity contribution in [1.82, 2.24) is 0 Å². The SMILES string of the molecule is OC1(CCC2CCCC2)CCc2ccccc2C1. The molecule has 0 heterocycles. The summed E-state index contributed by atoms with van der Waals surface area (Å²) in [5.41, 5.74) is 2.40. The number of rotatable bonds is 3. The molecule has 0 aliphatic heterocycles. The molecule has 0 bridgehead atoms. The van der Waals surface area contributed by atoms with Crippen LogP contribution in [0.1, 0.15) is 56.1 Å². The molecule has 1 N–H and O–H groups in total. The molecule has 1 fully saturated rings. The lowest BCUT2D eigenvalue weighted by Gasteiger charge is -2.34. The van der Waals surface area contributed by atoms with E-state index in [2.05, 4.69) is 24.3 Å². The lowest BCUT2D eigenvalue weighted by atomic mass is 9.77. The molecule has 1 aromatic carbocycles. The van der Waals surface area contributed by atoms with E-state index in [4.69, 9.17) is 0 Å². The van der Waals surface area contributed by atoms with Crippen molar-refractivity contribution in [2.75, 3.05) is 0 Å². The summed E-state index contributed by atoms with van der Waals surface area (Å²) in [5, 5.41) is 10.8. The second kappa shape index (κ2) is 5.05. The van der Waals surface area contributed by atoms with Gasteiger partial charge in [0, 0.05) is 6.42 Å². The fourth-order valence-corrected chi connectivity index (χ4v) is 3.77. The van der Waals surface area contributed by atoms with Crippen LogP contribution in [0.2, 0.25) is 0 Å². The highest BCUT2D eigenvalue weighted by molar-refractivity contribution is 5.31. The van der Waals surface area contributed by atoms with Gasteiger partial charge in [0.25, 0.3) is 0 Å². The number of fused-ring (bicyclic) bond motifs is 1. The molecule has 98 valence electrons. The monoisotopic (exact) mass is 244 g/mol. The molecule has 0 amide bonds. The lowest BCUT2D eigenvalue weighted by molar-refractivity contribution is 0.0122. The highest BCUT2D eigenvalue weighted by Crippen LogP contribution is 2.36. The van der Waals surface area contributed by atoms with Crippen LogP contribution >= 0.6 is 0 Å². The van der Waals surface area contributed by atoms with E-state index in [9.17, 15) is 5.11 Å². The molecule has 1 heteroatoms. The third kappa shape index (κ3) is 2.61. The van der Waals surface area contributed by atoms with E-state index in [1.165, 1.54) is 43.2 Å². The first-order valence-electron chi connectivity index (χ1n) is 7.54. The Kier molecular flexibility index (Phi) is 3.43. The van der Waals surface area contributed by atoms with Gasteiger partial charge >= 0.3 is 0 Å². The lowest BCUT2D eigenvalue weighted by Crippen LogP contribution is -2.36. The molecule has 0 spiro atoms. The Hall–Kier alpha value is -0.820. The highest BCUT2D eigenvalue weighted by Gasteiger charge is 2.32. The van der Waals surface area contributed by atoms with E-state index in [-0.39, 0.29) is 0 Å². The zero-order chi connectivity index (χ0) is 12.4. The van der Waals surface area contributed by atoms with E-state index in [1.54, 1.807) is 0 Å². The number of hydrogen-bond donors (Lipinski definition) is 1. The molecule has 1 saturated carbocycles. The molecular formula is C17H24O. The summed E-state index contributed by atoms with van der Waals surface area (Å²) in [5.74, 6) is 0.895. The van der Waals surface area contributed by atoms with E-state index >= 15 is 0 Å². The van der Waals surface area contributed by atoms with Crippen molar-refractivity contribution in [2.45, 2.75) is 63.4 Å². The van der Waals surface area contributed by atoms with Crippen molar-refractivity contribution in [3.8, 4) is 0 Å². The molecule has 0 saturated heterocycles. The van der Waals surface area contributed by atoms with Crippen LogP contribution < -0.4 is 0 Å². The van der Waals surface area contributed by atoms with E-state index in [0.29, 0.717) is 0 Å².